The molecule has 0 aromatic heterocycles. The maximum Gasteiger partial charge on any atom is 0.418 e. The van der Waals surface area contributed by atoms with E-state index in [-0.39, 0.29) is 17.5 Å². The number of rotatable bonds is 2. The molecule has 1 N–H and O–H groups in total. The molecule has 1 aromatic carbocycles. The van der Waals surface area contributed by atoms with Crippen molar-refractivity contribution in [3.63, 3.8) is 0 Å². The fourth-order valence-electron chi connectivity index (χ4n) is 2.22. The molecule has 6 heteroatoms. The van der Waals surface area contributed by atoms with Gasteiger partial charge < -0.3 is 10.2 Å². The van der Waals surface area contributed by atoms with E-state index < -0.39 is 11.7 Å². The Morgan fingerprint density at radius 1 is 1.37 bits per heavy atom. The topological polar surface area (TPSA) is 32.3 Å². The number of hydrogen-bond donors (Lipinski definition) is 1. The average molecular weight is 272 g/mol. The van der Waals surface area contributed by atoms with Gasteiger partial charge in [-0.1, -0.05) is 12.1 Å². The van der Waals surface area contributed by atoms with Gasteiger partial charge in [0.2, 0.25) is 5.91 Å². The number of anilines is 1. The molecular weight excluding hydrogens is 257 g/mol. The van der Waals surface area contributed by atoms with E-state index in [1.807, 2.05) is 11.9 Å². The SMILES string of the molecule is CN1CCC(C(=O)Nc2ccccc2C(F)(F)F)C1. The van der Waals surface area contributed by atoms with Crippen LogP contribution in [0.25, 0.3) is 0 Å². The molecule has 0 bridgehead atoms. The molecule has 1 aliphatic heterocycles. The smallest absolute Gasteiger partial charge is 0.325 e. The summed E-state index contributed by atoms with van der Waals surface area (Å²) in [6.07, 6.45) is -3.78. The van der Waals surface area contributed by atoms with Gasteiger partial charge in [-0.3, -0.25) is 4.79 Å². The molecule has 0 saturated carbocycles. The highest BCUT2D eigenvalue weighted by Crippen LogP contribution is 2.34. The van der Waals surface area contributed by atoms with E-state index in [4.69, 9.17) is 0 Å². The molecule has 1 heterocycles. The Morgan fingerprint density at radius 3 is 2.63 bits per heavy atom. The van der Waals surface area contributed by atoms with Gasteiger partial charge in [0.15, 0.2) is 0 Å². The first kappa shape index (κ1) is 13.9. The van der Waals surface area contributed by atoms with Crippen molar-refractivity contribution in [2.24, 2.45) is 5.92 Å². The number of benzene rings is 1. The van der Waals surface area contributed by atoms with Crippen LogP contribution in [0.15, 0.2) is 24.3 Å². The summed E-state index contributed by atoms with van der Waals surface area (Å²) in [6, 6.07) is 5.03. The quantitative estimate of drug-likeness (QED) is 0.897. The molecule has 1 aromatic rings. The maximum absolute atomic E-state index is 12.8. The van der Waals surface area contributed by atoms with Crippen molar-refractivity contribution in [1.29, 1.82) is 0 Å². The van der Waals surface area contributed by atoms with E-state index >= 15 is 0 Å². The first-order valence-corrected chi connectivity index (χ1v) is 6.03. The number of nitrogens with one attached hydrogen (secondary N) is 1. The number of carbonyl (C=O) groups excluding carboxylic acids is 1. The van der Waals surface area contributed by atoms with Crippen molar-refractivity contribution in [2.75, 3.05) is 25.5 Å². The Hall–Kier alpha value is -1.56. The van der Waals surface area contributed by atoms with Gasteiger partial charge in [0, 0.05) is 6.54 Å². The van der Waals surface area contributed by atoms with E-state index in [0.29, 0.717) is 13.0 Å². The van der Waals surface area contributed by atoms with Crippen LogP contribution in [0.3, 0.4) is 0 Å². The highest BCUT2D eigenvalue weighted by molar-refractivity contribution is 5.93. The highest BCUT2D eigenvalue weighted by Gasteiger charge is 2.34. The molecule has 1 saturated heterocycles. The lowest BCUT2D eigenvalue weighted by atomic mass is 10.1. The van der Waals surface area contributed by atoms with Gasteiger partial charge in [0.05, 0.1) is 17.2 Å². The number of likely N-dealkylation sites (tertiary alicyclic amines) is 1. The Labute approximate surface area is 109 Å². The molecule has 0 radical (unpaired) electrons. The number of nitrogens with zero attached hydrogens (tertiary/aromatic N) is 1. The van der Waals surface area contributed by atoms with Gasteiger partial charge in [-0.15, -0.1) is 0 Å². The summed E-state index contributed by atoms with van der Waals surface area (Å²) in [5.41, 5.74) is -0.982. The Kier molecular flexibility index (Phi) is 3.80. The van der Waals surface area contributed by atoms with Crippen LogP contribution in [0.2, 0.25) is 0 Å². The number of hydrogen-bond acceptors (Lipinski definition) is 2. The minimum atomic E-state index is -4.46. The van der Waals surface area contributed by atoms with Gasteiger partial charge in [-0.05, 0) is 32.1 Å². The van der Waals surface area contributed by atoms with E-state index in [0.717, 1.165) is 12.6 Å². The fraction of sp³-hybridized carbons (Fsp3) is 0.462. The van der Waals surface area contributed by atoms with Crippen LogP contribution in [-0.4, -0.2) is 30.9 Å². The number of alkyl halides is 3. The predicted octanol–water partition coefficient (Wildman–Crippen LogP) is 2.60. The first-order chi connectivity index (χ1) is 8.88. The molecule has 1 fully saturated rings. The molecule has 0 spiro atoms. The monoisotopic (exact) mass is 272 g/mol. The second-order valence-electron chi connectivity index (χ2n) is 4.78. The Bertz CT molecular complexity index is 473. The van der Waals surface area contributed by atoms with Crippen LogP contribution < -0.4 is 5.32 Å². The van der Waals surface area contributed by atoms with Crippen molar-refractivity contribution in [2.45, 2.75) is 12.6 Å². The molecule has 2 rings (SSSR count). The van der Waals surface area contributed by atoms with E-state index in [2.05, 4.69) is 5.32 Å². The first-order valence-electron chi connectivity index (χ1n) is 6.03. The zero-order chi connectivity index (χ0) is 14.0. The van der Waals surface area contributed by atoms with Gasteiger partial charge in [0.1, 0.15) is 0 Å². The molecule has 104 valence electrons. The van der Waals surface area contributed by atoms with Crippen LogP contribution >= 0.6 is 0 Å². The normalized spacial score (nSPS) is 20.5. The number of halogens is 3. The van der Waals surface area contributed by atoms with Gasteiger partial charge in [-0.2, -0.15) is 13.2 Å². The minimum Gasteiger partial charge on any atom is -0.325 e. The second kappa shape index (κ2) is 5.21. The largest absolute Gasteiger partial charge is 0.418 e. The van der Waals surface area contributed by atoms with Crippen molar-refractivity contribution < 1.29 is 18.0 Å². The van der Waals surface area contributed by atoms with Gasteiger partial charge in [0.25, 0.3) is 0 Å². The molecule has 3 nitrogen and oxygen atoms in total. The second-order valence-corrected chi connectivity index (χ2v) is 4.78. The standard InChI is InChI=1S/C13H15F3N2O/c1-18-7-6-9(8-18)12(19)17-11-5-3-2-4-10(11)13(14,15)16/h2-5,9H,6-8H2,1H3,(H,17,19). The lowest BCUT2D eigenvalue weighted by Gasteiger charge is -2.15. The zero-order valence-corrected chi connectivity index (χ0v) is 10.5. The van der Waals surface area contributed by atoms with Crippen LogP contribution in [0, 0.1) is 5.92 Å². The van der Waals surface area contributed by atoms with E-state index in [9.17, 15) is 18.0 Å². The fourth-order valence-corrected chi connectivity index (χ4v) is 2.22. The predicted molar refractivity (Wildman–Crippen MR) is 65.7 cm³/mol. The van der Waals surface area contributed by atoms with Crippen LogP contribution in [0.4, 0.5) is 18.9 Å². The maximum atomic E-state index is 12.8. The number of amides is 1. The molecule has 1 atom stereocenters. The summed E-state index contributed by atoms with van der Waals surface area (Å²) in [5.74, 6) is -0.590. The Balaban J connectivity index is 2.13. The molecule has 1 aliphatic rings. The van der Waals surface area contributed by atoms with E-state index in [1.165, 1.54) is 18.2 Å². The summed E-state index contributed by atoms with van der Waals surface area (Å²) in [6.45, 7) is 1.37. The summed E-state index contributed by atoms with van der Waals surface area (Å²) < 4.78 is 38.3. The minimum absolute atomic E-state index is 0.172. The van der Waals surface area contributed by atoms with Crippen molar-refractivity contribution in [3.05, 3.63) is 29.8 Å². The molecule has 1 unspecified atom stereocenters. The lowest BCUT2D eigenvalue weighted by Crippen LogP contribution is -2.26. The van der Waals surface area contributed by atoms with Crippen molar-refractivity contribution >= 4 is 11.6 Å². The van der Waals surface area contributed by atoms with E-state index in [1.54, 1.807) is 0 Å². The molecule has 0 aliphatic carbocycles. The third-order valence-electron chi connectivity index (χ3n) is 3.25. The number of para-hydroxylation sites is 1. The average Bonchev–Trinajstić information content (AvgIpc) is 2.75. The third kappa shape index (κ3) is 3.26. The highest BCUT2D eigenvalue weighted by atomic mass is 19.4. The summed E-state index contributed by atoms with van der Waals surface area (Å²) >= 11 is 0. The van der Waals surface area contributed by atoms with Gasteiger partial charge >= 0.3 is 6.18 Å². The van der Waals surface area contributed by atoms with Crippen molar-refractivity contribution in [1.82, 2.24) is 4.90 Å². The van der Waals surface area contributed by atoms with Crippen LogP contribution in [0.5, 0.6) is 0 Å². The summed E-state index contributed by atoms with van der Waals surface area (Å²) in [7, 11) is 1.89. The van der Waals surface area contributed by atoms with Gasteiger partial charge in [-0.25, -0.2) is 0 Å². The third-order valence-corrected chi connectivity index (χ3v) is 3.25. The van der Waals surface area contributed by atoms with Crippen molar-refractivity contribution in [3.8, 4) is 0 Å². The summed E-state index contributed by atoms with van der Waals surface area (Å²) in [4.78, 5) is 13.9. The molecular formula is C13H15F3N2O. The summed E-state index contributed by atoms with van der Waals surface area (Å²) in [5, 5.41) is 2.39. The van der Waals surface area contributed by atoms with Crippen LogP contribution in [0.1, 0.15) is 12.0 Å². The molecule has 1 amide bonds. The lowest BCUT2D eigenvalue weighted by molar-refractivity contribution is -0.137. The zero-order valence-electron chi connectivity index (χ0n) is 10.5. The molecule has 19 heavy (non-hydrogen) atoms. The number of carbonyl (C=O) groups is 1. The van der Waals surface area contributed by atoms with Crippen LogP contribution in [-0.2, 0) is 11.0 Å². The Morgan fingerprint density at radius 2 is 2.05 bits per heavy atom.